The third-order valence-corrected chi connectivity index (χ3v) is 4.58. The lowest BCUT2D eigenvalue weighted by Crippen LogP contribution is -2.36. The number of para-hydroxylation sites is 1. The van der Waals surface area contributed by atoms with Crippen LogP contribution in [-0.4, -0.2) is 24.6 Å². The number of ether oxygens (including phenoxy) is 1. The molecule has 0 spiro atoms. The summed E-state index contributed by atoms with van der Waals surface area (Å²) in [7, 11) is 1.77. The molecule has 1 aromatic heterocycles. The van der Waals surface area contributed by atoms with E-state index in [0.717, 1.165) is 35.3 Å². The number of guanidine groups is 1. The number of thiazole rings is 1. The maximum atomic E-state index is 5.94. The van der Waals surface area contributed by atoms with Crippen LogP contribution in [0, 0.1) is 12.8 Å². The number of aryl methyl sites for hydroxylation is 1. The van der Waals surface area contributed by atoms with E-state index < -0.39 is 0 Å². The van der Waals surface area contributed by atoms with Crippen LogP contribution in [0.5, 0.6) is 5.75 Å². The van der Waals surface area contributed by atoms with Crippen molar-refractivity contribution in [1.82, 2.24) is 15.6 Å². The summed E-state index contributed by atoms with van der Waals surface area (Å²) in [6, 6.07) is 8.13. The Bertz CT molecular complexity index is 682. The lowest BCUT2D eigenvalue weighted by molar-refractivity contribution is 0.286. The molecule has 1 aromatic carbocycles. The van der Waals surface area contributed by atoms with Crippen molar-refractivity contribution in [2.45, 2.75) is 40.3 Å². The Kier molecular flexibility index (Phi) is 7.73. The fourth-order valence-corrected chi connectivity index (χ4v) is 2.96. The van der Waals surface area contributed by atoms with Crippen LogP contribution in [0.3, 0.4) is 0 Å². The Morgan fingerprint density at radius 2 is 2.00 bits per heavy atom. The summed E-state index contributed by atoms with van der Waals surface area (Å²) < 4.78 is 5.94. The summed E-state index contributed by atoms with van der Waals surface area (Å²) in [5.74, 6) is 2.33. The maximum Gasteiger partial charge on any atom is 0.191 e. The molecule has 0 aliphatic rings. The minimum absolute atomic E-state index is 0.641. The van der Waals surface area contributed by atoms with Gasteiger partial charge in [0.15, 0.2) is 5.96 Å². The van der Waals surface area contributed by atoms with E-state index in [0.29, 0.717) is 19.0 Å². The van der Waals surface area contributed by atoms with Crippen molar-refractivity contribution in [3.8, 4) is 5.75 Å². The molecular formula is C19H28N4OS. The van der Waals surface area contributed by atoms with Crippen LogP contribution in [0.1, 0.15) is 35.7 Å². The van der Waals surface area contributed by atoms with Crippen LogP contribution < -0.4 is 15.4 Å². The molecule has 0 aliphatic carbocycles. The van der Waals surface area contributed by atoms with E-state index in [-0.39, 0.29) is 0 Å². The summed E-state index contributed by atoms with van der Waals surface area (Å²) in [4.78, 5) is 9.84. The minimum atomic E-state index is 0.641. The lowest BCUT2D eigenvalue weighted by Gasteiger charge is -2.15. The lowest BCUT2D eigenvalue weighted by atomic mass is 10.1. The Morgan fingerprint density at radius 1 is 1.24 bits per heavy atom. The Hall–Kier alpha value is -2.08. The van der Waals surface area contributed by atoms with Crippen molar-refractivity contribution < 1.29 is 4.74 Å². The second kappa shape index (κ2) is 10.0. The van der Waals surface area contributed by atoms with E-state index in [9.17, 15) is 0 Å². The molecule has 0 amide bonds. The number of hydrogen-bond donors (Lipinski definition) is 2. The van der Waals surface area contributed by atoms with Crippen LogP contribution in [0.25, 0.3) is 0 Å². The molecule has 2 aromatic rings. The molecule has 1 heterocycles. The molecule has 2 N–H and O–H groups in total. The smallest absolute Gasteiger partial charge is 0.191 e. The molecule has 0 saturated carbocycles. The van der Waals surface area contributed by atoms with E-state index in [1.165, 1.54) is 4.88 Å². The quantitative estimate of drug-likeness (QED) is 0.556. The van der Waals surface area contributed by atoms with E-state index >= 15 is 0 Å². The number of rotatable bonds is 8. The number of hydrogen-bond acceptors (Lipinski definition) is 4. The molecule has 0 saturated heterocycles. The maximum absolute atomic E-state index is 5.94. The van der Waals surface area contributed by atoms with Crippen LogP contribution in [0.2, 0.25) is 0 Å². The van der Waals surface area contributed by atoms with Crippen LogP contribution in [0.4, 0.5) is 0 Å². The Balaban J connectivity index is 1.86. The first-order valence-electron chi connectivity index (χ1n) is 8.65. The van der Waals surface area contributed by atoms with Gasteiger partial charge < -0.3 is 15.4 Å². The van der Waals surface area contributed by atoms with E-state index in [1.807, 2.05) is 24.4 Å². The van der Waals surface area contributed by atoms with Crippen LogP contribution >= 0.6 is 11.3 Å². The van der Waals surface area contributed by atoms with Gasteiger partial charge in [-0.25, -0.2) is 4.98 Å². The van der Waals surface area contributed by atoms with E-state index in [4.69, 9.17) is 4.74 Å². The molecule has 0 aliphatic heterocycles. The molecule has 5 nitrogen and oxygen atoms in total. The number of aliphatic imine (C=N–C) groups is 1. The van der Waals surface area contributed by atoms with Gasteiger partial charge in [0.1, 0.15) is 10.8 Å². The van der Waals surface area contributed by atoms with Gasteiger partial charge in [-0.15, -0.1) is 11.3 Å². The van der Waals surface area contributed by atoms with Gasteiger partial charge >= 0.3 is 0 Å². The average Bonchev–Trinajstić information content (AvgIpc) is 3.01. The summed E-state index contributed by atoms with van der Waals surface area (Å²) in [6.45, 7) is 8.54. The molecule has 136 valence electrons. The molecular weight excluding hydrogens is 332 g/mol. The molecule has 0 radical (unpaired) electrons. The molecule has 0 unspecified atom stereocenters. The number of benzene rings is 1. The molecule has 0 atom stereocenters. The highest BCUT2D eigenvalue weighted by atomic mass is 32.1. The summed E-state index contributed by atoms with van der Waals surface area (Å²) in [5.41, 5.74) is 1.12. The first-order chi connectivity index (χ1) is 12.1. The predicted octanol–water partition coefficient (Wildman–Crippen LogP) is 3.74. The second-order valence-electron chi connectivity index (χ2n) is 6.28. The summed E-state index contributed by atoms with van der Waals surface area (Å²) in [5, 5.41) is 7.68. The zero-order valence-corrected chi connectivity index (χ0v) is 16.3. The topological polar surface area (TPSA) is 58.5 Å². The van der Waals surface area contributed by atoms with Crippen LogP contribution in [0.15, 0.2) is 35.5 Å². The third-order valence-electron chi connectivity index (χ3n) is 3.67. The highest BCUT2D eigenvalue weighted by Crippen LogP contribution is 2.18. The van der Waals surface area contributed by atoms with E-state index in [2.05, 4.69) is 47.4 Å². The Labute approximate surface area is 154 Å². The number of nitrogens with one attached hydrogen (secondary N) is 2. The number of nitrogens with zero attached hydrogens (tertiary/aromatic N) is 2. The van der Waals surface area contributed by atoms with Crippen molar-refractivity contribution in [1.29, 1.82) is 0 Å². The van der Waals surface area contributed by atoms with Crippen molar-refractivity contribution in [3.63, 3.8) is 0 Å². The van der Waals surface area contributed by atoms with Gasteiger partial charge in [-0.2, -0.15) is 0 Å². The fourth-order valence-electron chi connectivity index (χ4n) is 2.24. The molecule has 6 heteroatoms. The van der Waals surface area contributed by atoms with Crippen molar-refractivity contribution in [2.75, 3.05) is 13.7 Å². The van der Waals surface area contributed by atoms with Gasteiger partial charge in [0.2, 0.25) is 0 Å². The highest BCUT2D eigenvalue weighted by Gasteiger charge is 2.06. The fraction of sp³-hybridized carbons (Fsp3) is 0.474. The van der Waals surface area contributed by atoms with Crippen molar-refractivity contribution >= 4 is 17.3 Å². The molecule has 0 bridgehead atoms. The van der Waals surface area contributed by atoms with Gasteiger partial charge in [-0.3, -0.25) is 4.99 Å². The van der Waals surface area contributed by atoms with Gasteiger partial charge in [-0.05, 0) is 25.3 Å². The van der Waals surface area contributed by atoms with Crippen molar-refractivity contribution in [2.24, 2.45) is 10.9 Å². The highest BCUT2D eigenvalue weighted by molar-refractivity contribution is 7.11. The first kappa shape index (κ1) is 19.2. The van der Waals surface area contributed by atoms with Gasteiger partial charge in [0.05, 0.1) is 13.2 Å². The largest absolute Gasteiger partial charge is 0.493 e. The summed E-state index contributed by atoms with van der Waals surface area (Å²) >= 11 is 1.69. The molecule has 2 rings (SSSR count). The van der Waals surface area contributed by atoms with Gasteiger partial charge in [0, 0.05) is 30.2 Å². The predicted molar refractivity (Wildman–Crippen MR) is 105 cm³/mol. The van der Waals surface area contributed by atoms with Gasteiger partial charge in [0.25, 0.3) is 0 Å². The first-order valence-corrected chi connectivity index (χ1v) is 9.46. The Morgan fingerprint density at radius 3 is 2.68 bits per heavy atom. The summed E-state index contributed by atoms with van der Waals surface area (Å²) in [6.07, 6.45) is 2.95. The normalized spacial score (nSPS) is 11.6. The zero-order valence-electron chi connectivity index (χ0n) is 15.5. The molecule has 0 fully saturated rings. The van der Waals surface area contributed by atoms with E-state index in [1.54, 1.807) is 18.4 Å². The monoisotopic (exact) mass is 360 g/mol. The van der Waals surface area contributed by atoms with Crippen molar-refractivity contribution in [3.05, 3.63) is 45.9 Å². The molecule has 25 heavy (non-hydrogen) atoms. The number of aromatic nitrogens is 1. The average molecular weight is 361 g/mol. The third kappa shape index (κ3) is 6.74. The SMILES string of the molecule is CN=C(NCc1ncc(C)s1)NCc1ccccc1OCCC(C)C. The second-order valence-corrected chi connectivity index (χ2v) is 7.60. The standard InChI is InChI=1S/C19H28N4OS/c1-14(2)9-10-24-17-8-6-5-7-16(17)12-22-19(20-4)23-13-18-21-11-15(3)25-18/h5-8,11,14H,9-10,12-13H2,1-4H3,(H2,20,22,23). The minimum Gasteiger partial charge on any atom is -0.493 e. The van der Waals surface area contributed by atoms with Gasteiger partial charge in [-0.1, -0.05) is 32.0 Å². The van der Waals surface area contributed by atoms with Crippen LogP contribution in [-0.2, 0) is 13.1 Å². The zero-order chi connectivity index (χ0) is 18.1.